The first-order valence-corrected chi connectivity index (χ1v) is 11.2. The van der Waals surface area contributed by atoms with Crippen LogP contribution in [0, 0.1) is 0 Å². The molecule has 0 aliphatic carbocycles. The number of nitrogens with two attached hydrogens (primary N) is 3. The van der Waals surface area contributed by atoms with Crippen molar-refractivity contribution in [2.45, 2.75) is 56.3 Å². The van der Waals surface area contributed by atoms with Crippen molar-refractivity contribution >= 4 is 42.2 Å². The van der Waals surface area contributed by atoms with Crippen molar-refractivity contribution in [1.29, 1.82) is 0 Å². The van der Waals surface area contributed by atoms with Crippen LogP contribution in [-0.2, 0) is 30.4 Å². The Morgan fingerprint density at radius 3 is 2.18 bits per heavy atom. The Balaban J connectivity index is 2.89. The molecule has 0 bridgehead atoms. The minimum absolute atomic E-state index is 0.0213. The quantitative estimate of drug-likeness (QED) is 0.0815. The van der Waals surface area contributed by atoms with Crippen LogP contribution in [0.2, 0.25) is 0 Å². The molecule has 0 saturated heterocycles. The zero-order valence-corrected chi connectivity index (χ0v) is 19.4. The molecule has 1 aromatic heterocycles. The molecule has 11 N–H and O–H groups in total. The van der Waals surface area contributed by atoms with Gasteiger partial charge in [0.1, 0.15) is 18.1 Å². The summed E-state index contributed by atoms with van der Waals surface area (Å²) in [4.78, 5) is 67.0. The van der Waals surface area contributed by atoms with Crippen LogP contribution in [0.15, 0.2) is 12.5 Å². The number of amides is 4. The summed E-state index contributed by atoms with van der Waals surface area (Å²) in [5.41, 5.74) is 16.9. The van der Waals surface area contributed by atoms with Gasteiger partial charge >= 0.3 is 5.97 Å². The molecule has 4 amide bonds. The number of thiol groups is 1. The number of carboxylic acids is 1. The number of primary amides is 1. The summed E-state index contributed by atoms with van der Waals surface area (Å²) in [6.45, 7) is 0.467. The van der Waals surface area contributed by atoms with E-state index in [0.29, 0.717) is 31.5 Å². The van der Waals surface area contributed by atoms with Crippen LogP contribution in [0.5, 0.6) is 0 Å². The number of imidazole rings is 1. The second-order valence-corrected chi connectivity index (χ2v) is 7.91. The molecule has 14 nitrogen and oxygen atoms in total. The number of nitrogens with one attached hydrogen (secondary N) is 4. The normalized spacial score (nSPS) is 14.3. The molecule has 4 atom stereocenters. The van der Waals surface area contributed by atoms with Crippen molar-refractivity contribution in [2.75, 3.05) is 12.3 Å². The largest absolute Gasteiger partial charge is 0.480 e. The topological polar surface area (TPSA) is 248 Å². The number of carbonyl (C=O) groups is 5. The number of nitrogens with zero attached hydrogens (tertiary/aromatic N) is 1. The molecule has 15 heteroatoms. The van der Waals surface area contributed by atoms with E-state index >= 15 is 0 Å². The number of aliphatic carboxylic acids is 1. The van der Waals surface area contributed by atoms with Gasteiger partial charge in [0.05, 0.1) is 18.8 Å². The van der Waals surface area contributed by atoms with E-state index in [-0.39, 0.29) is 12.2 Å². The summed E-state index contributed by atoms with van der Waals surface area (Å²) in [7, 11) is 0. The van der Waals surface area contributed by atoms with Gasteiger partial charge in [-0.15, -0.1) is 0 Å². The van der Waals surface area contributed by atoms with E-state index in [1.165, 1.54) is 12.5 Å². The monoisotopic (exact) mass is 500 g/mol. The number of H-pyrrole nitrogens is 1. The van der Waals surface area contributed by atoms with Gasteiger partial charge in [0.25, 0.3) is 0 Å². The number of carboxylic acid groups (broad SMARTS) is 1. The first-order chi connectivity index (χ1) is 16.1. The van der Waals surface area contributed by atoms with E-state index in [0.717, 1.165) is 0 Å². The van der Waals surface area contributed by atoms with Gasteiger partial charge in [0.15, 0.2) is 0 Å². The summed E-state index contributed by atoms with van der Waals surface area (Å²) in [5.74, 6) is -4.76. The lowest BCUT2D eigenvalue weighted by molar-refractivity contribution is -0.143. The Morgan fingerprint density at radius 1 is 1.03 bits per heavy atom. The fourth-order valence-corrected chi connectivity index (χ4v) is 3.14. The molecule has 1 rings (SSSR count). The second-order valence-electron chi connectivity index (χ2n) is 7.55. The predicted molar refractivity (Wildman–Crippen MR) is 124 cm³/mol. The van der Waals surface area contributed by atoms with Gasteiger partial charge in [0.2, 0.25) is 23.6 Å². The van der Waals surface area contributed by atoms with Crippen molar-refractivity contribution in [3.63, 3.8) is 0 Å². The molecule has 0 aliphatic heterocycles. The summed E-state index contributed by atoms with van der Waals surface area (Å²) in [5, 5.41) is 16.3. The highest BCUT2D eigenvalue weighted by molar-refractivity contribution is 7.80. The van der Waals surface area contributed by atoms with Crippen molar-refractivity contribution in [3.8, 4) is 0 Å². The van der Waals surface area contributed by atoms with Crippen LogP contribution in [0.1, 0.15) is 31.4 Å². The highest BCUT2D eigenvalue weighted by atomic mass is 32.1. The lowest BCUT2D eigenvalue weighted by Gasteiger charge is -2.24. The predicted octanol–water partition coefficient (Wildman–Crippen LogP) is -3.25. The Bertz CT molecular complexity index is 837. The number of unbranched alkanes of at least 4 members (excludes halogenated alkanes) is 1. The van der Waals surface area contributed by atoms with Crippen LogP contribution in [0.25, 0.3) is 0 Å². The molecule has 190 valence electrons. The van der Waals surface area contributed by atoms with E-state index < -0.39 is 60.2 Å². The van der Waals surface area contributed by atoms with Gasteiger partial charge in [-0.25, -0.2) is 9.78 Å². The number of hydrogen-bond acceptors (Lipinski definition) is 9. The average molecular weight is 501 g/mol. The van der Waals surface area contributed by atoms with Crippen molar-refractivity contribution in [3.05, 3.63) is 18.2 Å². The van der Waals surface area contributed by atoms with Crippen LogP contribution >= 0.6 is 12.6 Å². The number of hydrogen-bond donors (Lipinski definition) is 9. The molecule has 4 unspecified atom stereocenters. The fourth-order valence-electron chi connectivity index (χ4n) is 2.88. The first-order valence-electron chi connectivity index (χ1n) is 10.5. The van der Waals surface area contributed by atoms with Crippen molar-refractivity contribution < 1.29 is 29.1 Å². The van der Waals surface area contributed by atoms with Gasteiger partial charge in [-0.1, -0.05) is 6.42 Å². The van der Waals surface area contributed by atoms with Crippen LogP contribution < -0.4 is 33.2 Å². The Kier molecular flexibility index (Phi) is 12.6. The lowest BCUT2D eigenvalue weighted by atomic mass is 10.1. The van der Waals surface area contributed by atoms with E-state index in [1.807, 2.05) is 0 Å². The van der Waals surface area contributed by atoms with E-state index in [4.69, 9.17) is 22.3 Å². The van der Waals surface area contributed by atoms with Crippen molar-refractivity contribution in [2.24, 2.45) is 17.2 Å². The van der Waals surface area contributed by atoms with E-state index in [2.05, 4.69) is 38.5 Å². The highest BCUT2D eigenvalue weighted by Crippen LogP contribution is 2.04. The van der Waals surface area contributed by atoms with Gasteiger partial charge in [-0.2, -0.15) is 12.6 Å². The fraction of sp³-hybridized carbons (Fsp3) is 0.579. The third kappa shape index (κ3) is 10.2. The number of aromatic amines is 1. The summed E-state index contributed by atoms with van der Waals surface area (Å²) in [6, 6.07) is -4.82. The first kappa shape index (κ1) is 28.9. The maximum absolute atomic E-state index is 12.9. The Hall–Kier alpha value is -3.17. The smallest absolute Gasteiger partial charge is 0.326 e. The highest BCUT2D eigenvalue weighted by Gasteiger charge is 2.30. The van der Waals surface area contributed by atoms with E-state index in [9.17, 15) is 24.0 Å². The molecule has 0 aliphatic rings. The molecule has 0 fully saturated rings. The Morgan fingerprint density at radius 2 is 1.65 bits per heavy atom. The minimum Gasteiger partial charge on any atom is -0.480 e. The second kappa shape index (κ2) is 14.9. The van der Waals surface area contributed by atoms with E-state index in [1.54, 1.807) is 0 Å². The van der Waals surface area contributed by atoms with Crippen LogP contribution in [0.3, 0.4) is 0 Å². The number of aromatic nitrogens is 2. The zero-order valence-electron chi connectivity index (χ0n) is 18.5. The Labute approximate surface area is 201 Å². The molecular formula is C19H32N8O6S. The third-order valence-corrected chi connectivity index (χ3v) is 5.12. The van der Waals surface area contributed by atoms with Gasteiger partial charge in [0, 0.05) is 24.1 Å². The van der Waals surface area contributed by atoms with Gasteiger partial charge in [-0.05, 0) is 19.4 Å². The zero-order chi connectivity index (χ0) is 25.7. The standard InChI is InChI=1S/C19H32N8O6S/c20-4-2-1-3-11(21)16(29)25-12(5-10-7-23-9-24-10)17(30)27-14(8-34)18(31)26-13(19(32)33)6-15(22)28/h7,9,11-14,34H,1-6,8,20-21H2,(H2,22,28)(H,23,24)(H,25,29)(H,26,31)(H,27,30)(H,32,33). The molecule has 0 radical (unpaired) electrons. The summed E-state index contributed by atoms with van der Waals surface area (Å²) >= 11 is 4.03. The maximum atomic E-state index is 12.9. The molecular weight excluding hydrogens is 468 g/mol. The molecule has 0 aromatic carbocycles. The molecule has 1 heterocycles. The van der Waals surface area contributed by atoms with Crippen LogP contribution in [-0.4, -0.2) is 81.1 Å². The van der Waals surface area contributed by atoms with Crippen LogP contribution in [0.4, 0.5) is 0 Å². The number of rotatable bonds is 16. The summed E-state index contributed by atoms with van der Waals surface area (Å²) in [6.07, 6.45) is 3.98. The molecule has 0 spiro atoms. The van der Waals surface area contributed by atoms with Crippen molar-refractivity contribution in [1.82, 2.24) is 25.9 Å². The third-order valence-electron chi connectivity index (χ3n) is 4.75. The van der Waals surface area contributed by atoms with Gasteiger partial charge < -0.3 is 43.2 Å². The maximum Gasteiger partial charge on any atom is 0.326 e. The summed E-state index contributed by atoms with van der Waals surface area (Å²) < 4.78 is 0. The number of carbonyl (C=O) groups excluding carboxylic acids is 4. The minimum atomic E-state index is -1.57. The lowest BCUT2D eigenvalue weighted by Crippen LogP contribution is -2.58. The average Bonchev–Trinajstić information content (AvgIpc) is 3.29. The van der Waals surface area contributed by atoms with Gasteiger partial charge in [-0.3, -0.25) is 19.2 Å². The molecule has 1 aromatic rings. The molecule has 0 saturated carbocycles. The SMILES string of the molecule is NCCCCC(N)C(=O)NC(Cc1cnc[nH]1)C(=O)NC(CS)C(=O)NC(CC(N)=O)C(=O)O. The molecule has 34 heavy (non-hydrogen) atoms.